The van der Waals surface area contributed by atoms with Gasteiger partial charge in [-0.1, -0.05) is 18.2 Å². The van der Waals surface area contributed by atoms with Crippen LogP contribution in [0.15, 0.2) is 69.9 Å². The molecule has 1 unspecified atom stereocenters. The SMILES string of the molecule is COc1ccc(-c2csc(/N=C3\NC(=O)/C(=C/C4C(=O)Nc5ccccc54)S3)n2)cc1. The Morgan fingerprint density at radius 3 is 2.71 bits per heavy atom. The van der Waals surface area contributed by atoms with Crippen molar-refractivity contribution in [2.24, 2.45) is 4.99 Å². The van der Waals surface area contributed by atoms with Gasteiger partial charge in [0.25, 0.3) is 5.91 Å². The molecule has 9 heteroatoms. The molecule has 2 aromatic carbocycles. The highest BCUT2D eigenvalue weighted by atomic mass is 32.2. The van der Waals surface area contributed by atoms with Crippen molar-refractivity contribution in [3.63, 3.8) is 0 Å². The number of anilines is 1. The van der Waals surface area contributed by atoms with E-state index in [0.717, 1.165) is 28.3 Å². The summed E-state index contributed by atoms with van der Waals surface area (Å²) in [6.07, 6.45) is 1.69. The third kappa shape index (κ3) is 3.85. The number of para-hydroxylation sites is 1. The number of amidine groups is 1. The topological polar surface area (TPSA) is 92.7 Å². The second-order valence-corrected chi connectivity index (χ2v) is 8.67. The van der Waals surface area contributed by atoms with Crippen molar-refractivity contribution in [3.05, 3.63) is 70.5 Å². The quantitative estimate of drug-likeness (QED) is 0.581. The zero-order valence-corrected chi connectivity index (χ0v) is 17.9. The van der Waals surface area contributed by atoms with Crippen molar-refractivity contribution in [2.45, 2.75) is 5.92 Å². The monoisotopic (exact) mass is 448 g/mol. The highest BCUT2D eigenvalue weighted by Gasteiger charge is 2.32. The van der Waals surface area contributed by atoms with Gasteiger partial charge in [0.2, 0.25) is 11.0 Å². The second-order valence-electron chi connectivity index (χ2n) is 6.80. The van der Waals surface area contributed by atoms with Crippen LogP contribution >= 0.6 is 23.1 Å². The number of carbonyl (C=O) groups excluding carboxylic acids is 2. The van der Waals surface area contributed by atoms with Gasteiger partial charge in [0.05, 0.1) is 23.6 Å². The van der Waals surface area contributed by atoms with Crippen molar-refractivity contribution in [1.29, 1.82) is 0 Å². The van der Waals surface area contributed by atoms with Gasteiger partial charge in [-0.3, -0.25) is 9.59 Å². The van der Waals surface area contributed by atoms with Crippen LogP contribution in [0.3, 0.4) is 0 Å². The molecule has 2 amide bonds. The van der Waals surface area contributed by atoms with Gasteiger partial charge in [-0.2, -0.15) is 4.99 Å². The number of thioether (sulfide) groups is 1. The maximum atomic E-state index is 12.4. The van der Waals surface area contributed by atoms with E-state index in [2.05, 4.69) is 20.6 Å². The summed E-state index contributed by atoms with van der Waals surface area (Å²) in [6, 6.07) is 15.1. The Kier molecular flexibility index (Phi) is 5.05. The molecule has 0 spiro atoms. The van der Waals surface area contributed by atoms with E-state index in [4.69, 9.17) is 4.74 Å². The lowest BCUT2D eigenvalue weighted by atomic mass is 10.0. The fourth-order valence-corrected chi connectivity index (χ4v) is 4.93. The Bertz CT molecular complexity index is 1250. The first kappa shape index (κ1) is 19.5. The predicted molar refractivity (Wildman–Crippen MR) is 123 cm³/mol. The van der Waals surface area contributed by atoms with Crippen LogP contribution in [0.5, 0.6) is 5.75 Å². The molecule has 5 rings (SSSR count). The lowest BCUT2D eigenvalue weighted by Crippen LogP contribution is -2.20. The maximum Gasteiger partial charge on any atom is 0.263 e. The molecular formula is C22H16N4O3S2. The molecule has 1 atom stereocenters. The Balaban J connectivity index is 1.35. The third-order valence-corrected chi connectivity index (χ3v) is 6.54. The summed E-state index contributed by atoms with van der Waals surface area (Å²) in [5, 5.41) is 8.49. The fraction of sp³-hybridized carbons (Fsp3) is 0.0909. The smallest absolute Gasteiger partial charge is 0.263 e. The largest absolute Gasteiger partial charge is 0.497 e. The molecule has 1 fully saturated rings. The summed E-state index contributed by atoms with van der Waals surface area (Å²) < 4.78 is 5.18. The average Bonchev–Trinajstić information content (AvgIpc) is 3.47. The second kappa shape index (κ2) is 8.01. The summed E-state index contributed by atoms with van der Waals surface area (Å²) >= 11 is 2.60. The number of amides is 2. The molecule has 1 saturated heterocycles. The van der Waals surface area contributed by atoms with E-state index in [1.54, 1.807) is 13.2 Å². The van der Waals surface area contributed by atoms with Crippen LogP contribution in [0.4, 0.5) is 10.8 Å². The predicted octanol–water partition coefficient (Wildman–Crippen LogP) is 4.29. The zero-order valence-electron chi connectivity index (χ0n) is 16.3. The number of fused-ring (bicyclic) bond motifs is 1. The Morgan fingerprint density at radius 2 is 1.90 bits per heavy atom. The van der Waals surface area contributed by atoms with Crippen LogP contribution in [0.1, 0.15) is 11.5 Å². The Morgan fingerprint density at radius 1 is 1.10 bits per heavy atom. The molecule has 31 heavy (non-hydrogen) atoms. The molecule has 0 bridgehead atoms. The van der Waals surface area contributed by atoms with E-state index in [1.165, 1.54) is 23.1 Å². The fourth-order valence-electron chi connectivity index (χ4n) is 3.34. The van der Waals surface area contributed by atoms with Gasteiger partial charge in [0.15, 0.2) is 5.17 Å². The van der Waals surface area contributed by atoms with Crippen molar-refractivity contribution < 1.29 is 14.3 Å². The highest BCUT2D eigenvalue weighted by Crippen LogP contribution is 2.37. The lowest BCUT2D eigenvalue weighted by molar-refractivity contribution is -0.116. The minimum absolute atomic E-state index is 0.142. The maximum absolute atomic E-state index is 12.4. The summed E-state index contributed by atoms with van der Waals surface area (Å²) in [7, 11) is 1.63. The van der Waals surface area contributed by atoms with Gasteiger partial charge < -0.3 is 15.4 Å². The Hall–Kier alpha value is -3.43. The highest BCUT2D eigenvalue weighted by molar-refractivity contribution is 8.18. The molecule has 0 aliphatic carbocycles. The summed E-state index contributed by atoms with van der Waals surface area (Å²) in [4.78, 5) is 34.2. The summed E-state index contributed by atoms with van der Waals surface area (Å²) in [5.41, 5.74) is 3.40. The van der Waals surface area contributed by atoms with Crippen LogP contribution in [0.2, 0.25) is 0 Å². The number of carbonyl (C=O) groups is 2. The molecule has 2 aliphatic rings. The number of methoxy groups -OCH3 is 1. The Labute approximate surface area is 186 Å². The number of benzene rings is 2. The molecule has 154 valence electrons. The number of ether oxygens (including phenoxy) is 1. The minimum atomic E-state index is -0.495. The molecule has 3 heterocycles. The van der Waals surface area contributed by atoms with Crippen molar-refractivity contribution >= 4 is 50.9 Å². The van der Waals surface area contributed by atoms with Crippen LogP contribution < -0.4 is 15.4 Å². The first-order valence-electron chi connectivity index (χ1n) is 9.40. The van der Waals surface area contributed by atoms with Crippen LogP contribution in [-0.4, -0.2) is 29.1 Å². The number of aliphatic imine (C=N–C) groups is 1. The van der Waals surface area contributed by atoms with E-state index in [1.807, 2.05) is 53.9 Å². The molecule has 3 aromatic rings. The van der Waals surface area contributed by atoms with Gasteiger partial charge in [-0.05, 0) is 53.7 Å². The van der Waals surface area contributed by atoms with E-state index in [0.29, 0.717) is 15.2 Å². The van der Waals surface area contributed by atoms with Gasteiger partial charge in [-0.15, -0.1) is 11.3 Å². The standard InChI is InChI=1S/C22H16N4O3S2/c1-29-13-8-6-12(7-9-13)17-11-30-21(24-17)26-22-25-20(28)18(31-22)10-15-14-4-2-3-5-16(14)23-19(15)27/h2-11,15H,1H3,(H,23,27)(H,24,25,26,28)/b18-10-. The van der Waals surface area contributed by atoms with Gasteiger partial charge in [0, 0.05) is 16.6 Å². The lowest BCUT2D eigenvalue weighted by Gasteiger charge is -2.02. The zero-order chi connectivity index (χ0) is 21.4. The number of aromatic nitrogens is 1. The normalized spacial score (nSPS) is 20.1. The number of hydrogen-bond donors (Lipinski definition) is 2. The van der Waals surface area contributed by atoms with Crippen molar-refractivity contribution in [3.8, 4) is 17.0 Å². The molecule has 1 aromatic heterocycles. The minimum Gasteiger partial charge on any atom is -0.497 e. The van der Waals surface area contributed by atoms with E-state index >= 15 is 0 Å². The molecule has 2 aliphatic heterocycles. The third-order valence-electron chi connectivity index (χ3n) is 4.88. The number of nitrogens with one attached hydrogen (secondary N) is 2. The molecule has 0 radical (unpaired) electrons. The van der Waals surface area contributed by atoms with Crippen molar-refractivity contribution in [1.82, 2.24) is 10.3 Å². The van der Waals surface area contributed by atoms with Crippen LogP contribution in [0.25, 0.3) is 11.3 Å². The molecule has 0 saturated carbocycles. The number of rotatable bonds is 4. The van der Waals surface area contributed by atoms with Gasteiger partial charge in [-0.25, -0.2) is 4.98 Å². The van der Waals surface area contributed by atoms with Crippen LogP contribution in [-0.2, 0) is 9.59 Å². The molecule has 7 nitrogen and oxygen atoms in total. The van der Waals surface area contributed by atoms with Gasteiger partial charge in [0.1, 0.15) is 5.75 Å². The summed E-state index contributed by atoms with van der Waals surface area (Å²) in [6.45, 7) is 0. The number of nitrogens with zero attached hydrogens (tertiary/aromatic N) is 2. The average molecular weight is 449 g/mol. The first-order valence-corrected chi connectivity index (χ1v) is 11.1. The number of thiazole rings is 1. The van der Waals surface area contributed by atoms with Crippen LogP contribution in [0, 0.1) is 0 Å². The van der Waals surface area contributed by atoms with E-state index < -0.39 is 5.92 Å². The van der Waals surface area contributed by atoms with E-state index in [9.17, 15) is 9.59 Å². The van der Waals surface area contributed by atoms with E-state index in [-0.39, 0.29) is 11.8 Å². The summed E-state index contributed by atoms with van der Waals surface area (Å²) in [5.74, 6) is -0.128. The molecular weight excluding hydrogens is 432 g/mol. The number of hydrogen-bond acceptors (Lipinski definition) is 7. The molecule has 2 N–H and O–H groups in total. The van der Waals surface area contributed by atoms with Crippen molar-refractivity contribution in [2.75, 3.05) is 12.4 Å². The van der Waals surface area contributed by atoms with Gasteiger partial charge >= 0.3 is 0 Å². The first-order chi connectivity index (χ1) is 15.1.